The Labute approximate surface area is 123 Å². The molecule has 1 fully saturated rings. The molecule has 2 aromatic rings. The van der Waals surface area contributed by atoms with E-state index in [2.05, 4.69) is 4.98 Å². The third kappa shape index (κ3) is 2.52. The number of morpholine rings is 1. The zero-order chi connectivity index (χ0) is 15.0. The molecule has 0 aliphatic carbocycles. The normalized spacial score (nSPS) is 22.7. The van der Waals surface area contributed by atoms with Crippen LogP contribution in [0.5, 0.6) is 0 Å². The molecule has 0 radical (unpaired) electrons. The van der Waals surface area contributed by atoms with E-state index >= 15 is 0 Å². The predicted octanol–water partition coefficient (Wildman–Crippen LogP) is 0.865. The number of hydrogen-bond acceptors (Lipinski definition) is 4. The van der Waals surface area contributed by atoms with E-state index in [1.54, 1.807) is 11.1 Å². The van der Waals surface area contributed by atoms with E-state index < -0.39 is 0 Å². The summed E-state index contributed by atoms with van der Waals surface area (Å²) in [6, 6.07) is 5.75. The molecule has 3 rings (SSSR count). The zero-order valence-electron chi connectivity index (χ0n) is 12.2. The Balaban J connectivity index is 1.90. The first-order chi connectivity index (χ1) is 10.1. The molecule has 0 spiro atoms. The van der Waals surface area contributed by atoms with Gasteiger partial charge in [-0.25, -0.2) is 4.98 Å². The quantitative estimate of drug-likeness (QED) is 0.890. The molecule has 2 aromatic heterocycles. The number of aryl methyl sites for hydroxylation is 1. The van der Waals surface area contributed by atoms with E-state index in [0.29, 0.717) is 18.8 Å². The van der Waals surface area contributed by atoms with Crippen LogP contribution in [0.2, 0.25) is 0 Å². The van der Waals surface area contributed by atoms with E-state index in [-0.39, 0.29) is 24.7 Å². The van der Waals surface area contributed by atoms with E-state index in [1.807, 2.05) is 36.4 Å². The van der Waals surface area contributed by atoms with Gasteiger partial charge in [-0.1, -0.05) is 6.07 Å². The molecule has 1 amide bonds. The Hall–Kier alpha value is -1.92. The van der Waals surface area contributed by atoms with Gasteiger partial charge in [0, 0.05) is 18.4 Å². The molecule has 21 heavy (non-hydrogen) atoms. The zero-order valence-corrected chi connectivity index (χ0v) is 12.2. The van der Waals surface area contributed by atoms with Crippen LogP contribution in [-0.4, -0.2) is 57.2 Å². The summed E-state index contributed by atoms with van der Waals surface area (Å²) < 4.78 is 7.37. The molecule has 6 heteroatoms. The van der Waals surface area contributed by atoms with Gasteiger partial charge in [-0.3, -0.25) is 4.79 Å². The third-order valence-electron chi connectivity index (χ3n) is 3.89. The fourth-order valence-corrected chi connectivity index (χ4v) is 2.61. The molecule has 1 aliphatic rings. The van der Waals surface area contributed by atoms with Crippen LogP contribution >= 0.6 is 0 Å². The fourth-order valence-electron chi connectivity index (χ4n) is 2.61. The van der Waals surface area contributed by atoms with Crippen molar-refractivity contribution in [1.29, 1.82) is 0 Å². The van der Waals surface area contributed by atoms with Crippen molar-refractivity contribution in [3.8, 4) is 0 Å². The van der Waals surface area contributed by atoms with Gasteiger partial charge in [0.1, 0.15) is 11.3 Å². The molecule has 0 saturated carbocycles. The molecule has 112 valence electrons. The number of ether oxygens (including phenoxy) is 1. The van der Waals surface area contributed by atoms with Crippen LogP contribution in [0.15, 0.2) is 24.4 Å². The smallest absolute Gasteiger partial charge is 0.274 e. The summed E-state index contributed by atoms with van der Waals surface area (Å²) in [5.41, 5.74) is 2.22. The molecule has 0 aromatic carbocycles. The van der Waals surface area contributed by atoms with E-state index in [1.165, 1.54) is 0 Å². The molecule has 1 N–H and O–H groups in total. The van der Waals surface area contributed by atoms with E-state index in [4.69, 9.17) is 4.74 Å². The van der Waals surface area contributed by atoms with Crippen LogP contribution in [0, 0.1) is 6.92 Å². The number of rotatable bonds is 2. The topological polar surface area (TPSA) is 67.1 Å². The van der Waals surface area contributed by atoms with Gasteiger partial charge in [0.05, 0.1) is 25.4 Å². The van der Waals surface area contributed by atoms with Crippen LogP contribution in [0.25, 0.3) is 5.65 Å². The summed E-state index contributed by atoms with van der Waals surface area (Å²) in [6.45, 7) is 4.65. The number of aliphatic hydroxyl groups excluding tert-OH is 1. The Morgan fingerprint density at radius 1 is 1.52 bits per heavy atom. The first-order valence-electron chi connectivity index (χ1n) is 7.08. The summed E-state index contributed by atoms with van der Waals surface area (Å²) in [6.07, 6.45) is 1.45. The number of amides is 1. The maximum Gasteiger partial charge on any atom is 0.274 e. The minimum atomic E-state index is -0.316. The second-order valence-electron chi connectivity index (χ2n) is 5.47. The SMILES string of the molecule is Cc1cccc2nc(C(=O)N3CC(CO)OCC3C)cn12. The molecule has 6 nitrogen and oxygen atoms in total. The van der Waals surface area contributed by atoms with Crippen LogP contribution < -0.4 is 0 Å². The van der Waals surface area contributed by atoms with Gasteiger partial charge in [0.25, 0.3) is 5.91 Å². The second-order valence-corrected chi connectivity index (χ2v) is 5.47. The number of carbonyl (C=O) groups excluding carboxylic acids is 1. The highest BCUT2D eigenvalue weighted by Gasteiger charge is 2.31. The minimum Gasteiger partial charge on any atom is -0.394 e. The number of fused-ring (bicyclic) bond motifs is 1. The highest BCUT2D eigenvalue weighted by Crippen LogP contribution is 2.16. The Kier molecular flexibility index (Phi) is 3.65. The number of nitrogens with zero attached hydrogens (tertiary/aromatic N) is 3. The van der Waals surface area contributed by atoms with Gasteiger partial charge >= 0.3 is 0 Å². The molecular weight excluding hydrogens is 270 g/mol. The Bertz CT molecular complexity index is 667. The monoisotopic (exact) mass is 289 g/mol. The van der Waals surface area contributed by atoms with Gasteiger partial charge in [0.15, 0.2) is 0 Å². The standard InChI is InChI=1S/C15H19N3O3/c1-10-4-3-5-14-16-13(7-17(10)14)15(20)18-6-12(8-19)21-9-11(18)2/h3-5,7,11-12,19H,6,8-9H2,1-2H3. The number of aromatic nitrogens is 2. The summed E-state index contributed by atoms with van der Waals surface area (Å²) in [5.74, 6) is -0.118. The second kappa shape index (κ2) is 5.46. The Morgan fingerprint density at radius 3 is 3.05 bits per heavy atom. The molecule has 0 bridgehead atoms. The van der Waals surface area contributed by atoms with Crippen LogP contribution in [0.3, 0.4) is 0 Å². The van der Waals surface area contributed by atoms with Crippen molar-refractivity contribution in [2.75, 3.05) is 19.8 Å². The molecular formula is C15H19N3O3. The summed E-state index contributed by atoms with van der Waals surface area (Å²) in [4.78, 5) is 18.8. The number of carbonyl (C=O) groups is 1. The van der Waals surface area contributed by atoms with E-state index in [0.717, 1.165) is 11.3 Å². The van der Waals surface area contributed by atoms with Crippen LogP contribution in [-0.2, 0) is 4.74 Å². The highest BCUT2D eigenvalue weighted by atomic mass is 16.5. The van der Waals surface area contributed by atoms with Crippen LogP contribution in [0.1, 0.15) is 23.1 Å². The van der Waals surface area contributed by atoms with Crippen molar-refractivity contribution >= 4 is 11.6 Å². The summed E-state index contributed by atoms with van der Waals surface area (Å²) in [5, 5.41) is 9.22. The first-order valence-corrected chi connectivity index (χ1v) is 7.08. The number of imidazole rings is 1. The van der Waals surface area contributed by atoms with Gasteiger partial charge in [-0.15, -0.1) is 0 Å². The molecule has 2 unspecified atom stereocenters. The fraction of sp³-hybridized carbons (Fsp3) is 0.467. The maximum absolute atomic E-state index is 12.7. The van der Waals surface area contributed by atoms with Gasteiger partial charge < -0.3 is 19.1 Å². The minimum absolute atomic E-state index is 0.0220. The van der Waals surface area contributed by atoms with Gasteiger partial charge in [-0.05, 0) is 26.0 Å². The van der Waals surface area contributed by atoms with Crippen molar-refractivity contribution in [2.45, 2.75) is 26.0 Å². The van der Waals surface area contributed by atoms with Gasteiger partial charge in [-0.2, -0.15) is 0 Å². The van der Waals surface area contributed by atoms with Crippen molar-refractivity contribution < 1.29 is 14.6 Å². The Morgan fingerprint density at radius 2 is 2.33 bits per heavy atom. The highest BCUT2D eigenvalue weighted by molar-refractivity contribution is 5.93. The maximum atomic E-state index is 12.7. The molecule has 3 heterocycles. The predicted molar refractivity (Wildman–Crippen MR) is 77.3 cm³/mol. The lowest BCUT2D eigenvalue weighted by atomic mass is 10.2. The van der Waals surface area contributed by atoms with Gasteiger partial charge in [0.2, 0.25) is 0 Å². The first kappa shape index (κ1) is 14.0. The average molecular weight is 289 g/mol. The number of hydrogen-bond donors (Lipinski definition) is 1. The summed E-state index contributed by atoms with van der Waals surface area (Å²) in [7, 11) is 0. The lowest BCUT2D eigenvalue weighted by Crippen LogP contribution is -2.52. The molecule has 2 atom stereocenters. The van der Waals surface area contributed by atoms with E-state index in [9.17, 15) is 9.90 Å². The number of aliphatic hydroxyl groups is 1. The summed E-state index contributed by atoms with van der Waals surface area (Å²) >= 11 is 0. The van der Waals surface area contributed by atoms with Crippen LogP contribution in [0.4, 0.5) is 0 Å². The third-order valence-corrected chi connectivity index (χ3v) is 3.89. The molecule has 1 saturated heterocycles. The van der Waals surface area contributed by atoms with Crippen molar-refractivity contribution in [1.82, 2.24) is 14.3 Å². The van der Waals surface area contributed by atoms with Crippen molar-refractivity contribution in [3.63, 3.8) is 0 Å². The molecule has 1 aliphatic heterocycles. The van der Waals surface area contributed by atoms with Crippen molar-refractivity contribution in [2.24, 2.45) is 0 Å². The average Bonchev–Trinajstić information content (AvgIpc) is 2.93. The number of pyridine rings is 1. The lowest BCUT2D eigenvalue weighted by Gasteiger charge is -2.37. The lowest BCUT2D eigenvalue weighted by molar-refractivity contribution is -0.0668. The largest absolute Gasteiger partial charge is 0.394 e. The van der Waals surface area contributed by atoms with Crippen molar-refractivity contribution in [3.05, 3.63) is 35.8 Å².